The van der Waals surface area contributed by atoms with Crippen molar-refractivity contribution in [1.82, 2.24) is 4.98 Å². The molecule has 3 aromatic rings. The van der Waals surface area contributed by atoms with Crippen molar-refractivity contribution in [3.8, 4) is 5.75 Å². The highest BCUT2D eigenvalue weighted by Gasteiger charge is 2.21. The van der Waals surface area contributed by atoms with Gasteiger partial charge >= 0.3 is 5.97 Å². The van der Waals surface area contributed by atoms with E-state index in [1.807, 2.05) is 24.3 Å². The van der Waals surface area contributed by atoms with Gasteiger partial charge in [-0.25, -0.2) is 14.2 Å². The molecule has 158 valence electrons. The molecule has 1 heterocycles. The van der Waals surface area contributed by atoms with E-state index in [2.05, 4.69) is 20.9 Å². The maximum absolute atomic E-state index is 14.0. The van der Waals surface area contributed by atoms with Crippen molar-refractivity contribution in [2.45, 2.75) is 32.3 Å². The molecular formula is C25H21BrFNO3. The molecular weight excluding hydrogens is 461 g/mol. The van der Waals surface area contributed by atoms with E-state index >= 15 is 0 Å². The van der Waals surface area contributed by atoms with Crippen molar-refractivity contribution in [2.24, 2.45) is 0 Å². The van der Waals surface area contributed by atoms with Crippen LogP contribution in [0.15, 0.2) is 65.1 Å². The fourth-order valence-electron chi connectivity index (χ4n) is 3.84. The molecule has 0 spiro atoms. The van der Waals surface area contributed by atoms with E-state index in [0.29, 0.717) is 17.0 Å². The fourth-order valence-corrected chi connectivity index (χ4v) is 4.20. The summed E-state index contributed by atoms with van der Waals surface area (Å²) < 4.78 is 21.0. The van der Waals surface area contributed by atoms with Crippen LogP contribution in [0.1, 0.15) is 53.0 Å². The van der Waals surface area contributed by atoms with Gasteiger partial charge in [0.05, 0.1) is 5.69 Å². The predicted molar refractivity (Wildman–Crippen MR) is 121 cm³/mol. The van der Waals surface area contributed by atoms with Gasteiger partial charge in [-0.2, -0.15) is 0 Å². The van der Waals surface area contributed by atoms with Gasteiger partial charge in [-0.3, -0.25) is 0 Å². The first-order valence-electron chi connectivity index (χ1n) is 10.1. The third kappa shape index (κ3) is 4.85. The maximum atomic E-state index is 14.0. The molecule has 0 saturated carbocycles. The summed E-state index contributed by atoms with van der Waals surface area (Å²) in [5.74, 6) is -0.681. The van der Waals surface area contributed by atoms with Crippen LogP contribution in [0.2, 0.25) is 0 Å². The lowest BCUT2D eigenvalue weighted by atomic mass is 9.85. The molecule has 4 nitrogen and oxygen atoms in total. The number of hydrogen-bond donors (Lipinski definition) is 1. The van der Waals surface area contributed by atoms with Gasteiger partial charge in [0.2, 0.25) is 0 Å². The van der Waals surface area contributed by atoms with E-state index in [0.717, 1.165) is 46.9 Å². The van der Waals surface area contributed by atoms with Crippen LogP contribution < -0.4 is 4.74 Å². The monoisotopic (exact) mass is 481 g/mol. The molecule has 0 amide bonds. The SMILES string of the molecule is O=C(O)c1cccc(C2=C(c3cc(Br)ccc3OCc3ccccc3F)CCCC2)n1. The summed E-state index contributed by atoms with van der Waals surface area (Å²) in [6.07, 6.45) is 3.68. The molecule has 0 unspecified atom stereocenters. The quantitative estimate of drug-likeness (QED) is 0.423. The summed E-state index contributed by atoms with van der Waals surface area (Å²) in [5, 5.41) is 9.34. The van der Waals surface area contributed by atoms with Gasteiger partial charge in [-0.1, -0.05) is 40.2 Å². The number of allylic oxidation sites excluding steroid dienone is 2. The van der Waals surface area contributed by atoms with Gasteiger partial charge < -0.3 is 9.84 Å². The van der Waals surface area contributed by atoms with Gasteiger partial charge in [0.15, 0.2) is 0 Å². The van der Waals surface area contributed by atoms with Gasteiger partial charge in [0, 0.05) is 15.6 Å². The molecule has 0 fully saturated rings. The van der Waals surface area contributed by atoms with Crippen LogP contribution in [-0.4, -0.2) is 16.1 Å². The average molecular weight is 482 g/mol. The van der Waals surface area contributed by atoms with Crippen molar-refractivity contribution in [1.29, 1.82) is 0 Å². The highest BCUT2D eigenvalue weighted by atomic mass is 79.9. The number of carbonyl (C=O) groups is 1. The van der Waals surface area contributed by atoms with Crippen molar-refractivity contribution >= 4 is 33.0 Å². The Morgan fingerprint density at radius 1 is 1.03 bits per heavy atom. The number of pyridine rings is 1. The molecule has 1 aromatic heterocycles. The number of aromatic carboxylic acids is 1. The zero-order valence-electron chi connectivity index (χ0n) is 16.8. The Morgan fingerprint density at radius 2 is 1.81 bits per heavy atom. The lowest BCUT2D eigenvalue weighted by Gasteiger charge is -2.23. The normalized spacial score (nSPS) is 13.9. The van der Waals surface area contributed by atoms with Crippen molar-refractivity contribution in [2.75, 3.05) is 0 Å². The number of aromatic nitrogens is 1. The third-order valence-corrected chi connectivity index (χ3v) is 5.85. The minimum Gasteiger partial charge on any atom is -0.488 e. The molecule has 6 heteroatoms. The van der Waals surface area contributed by atoms with E-state index in [9.17, 15) is 14.3 Å². The standard InChI is InChI=1S/C25H21BrFNO3/c26-17-12-13-24(31-15-16-6-1-4-9-21(16)27)20(14-17)18-7-2-3-8-19(18)22-10-5-11-23(28-22)25(29)30/h1,4-6,9-14H,2-3,7-8,15H2,(H,29,30). The molecule has 1 aliphatic carbocycles. The Labute approximate surface area is 188 Å². The first-order valence-corrected chi connectivity index (χ1v) is 10.9. The van der Waals surface area contributed by atoms with Crippen molar-refractivity contribution in [3.63, 3.8) is 0 Å². The Kier molecular flexibility index (Phi) is 6.47. The highest BCUT2D eigenvalue weighted by molar-refractivity contribution is 9.10. The number of ether oxygens (including phenoxy) is 1. The molecule has 0 atom stereocenters. The van der Waals surface area contributed by atoms with E-state index in [4.69, 9.17) is 4.74 Å². The topological polar surface area (TPSA) is 59.4 Å². The number of halogens is 2. The van der Waals surface area contributed by atoms with Crippen LogP contribution in [0.4, 0.5) is 4.39 Å². The minimum atomic E-state index is -1.05. The molecule has 4 rings (SSSR count). The second-order valence-electron chi connectivity index (χ2n) is 7.40. The first-order chi connectivity index (χ1) is 15.0. The zero-order valence-corrected chi connectivity index (χ0v) is 18.4. The smallest absolute Gasteiger partial charge is 0.354 e. The number of rotatable bonds is 6. The number of benzene rings is 2. The average Bonchev–Trinajstić information content (AvgIpc) is 2.79. The van der Waals surface area contributed by atoms with E-state index in [-0.39, 0.29) is 18.1 Å². The van der Waals surface area contributed by atoms with Crippen molar-refractivity contribution < 1.29 is 19.0 Å². The summed E-state index contributed by atoms with van der Waals surface area (Å²) in [7, 11) is 0. The molecule has 2 aromatic carbocycles. The minimum absolute atomic E-state index is 0.0280. The molecule has 0 aliphatic heterocycles. The van der Waals surface area contributed by atoms with E-state index in [1.54, 1.807) is 24.3 Å². The Balaban J connectivity index is 1.75. The van der Waals surface area contributed by atoms with Crippen LogP contribution >= 0.6 is 15.9 Å². The van der Waals surface area contributed by atoms with E-state index < -0.39 is 5.97 Å². The largest absolute Gasteiger partial charge is 0.488 e. The van der Waals surface area contributed by atoms with Gasteiger partial charge in [-0.15, -0.1) is 0 Å². The van der Waals surface area contributed by atoms with Crippen molar-refractivity contribution in [3.05, 3.63) is 93.5 Å². The summed E-state index contributed by atoms with van der Waals surface area (Å²) in [4.78, 5) is 15.8. The Hall–Kier alpha value is -2.99. The summed E-state index contributed by atoms with van der Waals surface area (Å²) in [6.45, 7) is 0.122. The first kappa shape index (κ1) is 21.2. The predicted octanol–water partition coefficient (Wildman–Crippen LogP) is 6.75. The summed E-state index contributed by atoms with van der Waals surface area (Å²) in [5.41, 5.74) is 4.23. The van der Waals surface area contributed by atoms with Crippen LogP contribution in [0.5, 0.6) is 5.75 Å². The fraction of sp³-hybridized carbons (Fsp3) is 0.200. The van der Waals surface area contributed by atoms with E-state index in [1.165, 1.54) is 12.1 Å². The van der Waals surface area contributed by atoms with Crippen LogP contribution in [0.25, 0.3) is 11.1 Å². The summed E-state index contributed by atoms with van der Waals surface area (Å²) >= 11 is 3.55. The third-order valence-electron chi connectivity index (χ3n) is 5.35. The molecule has 31 heavy (non-hydrogen) atoms. The molecule has 1 N–H and O–H groups in total. The van der Waals surface area contributed by atoms with Gasteiger partial charge in [0.25, 0.3) is 0 Å². The molecule has 0 bridgehead atoms. The lowest BCUT2D eigenvalue weighted by Crippen LogP contribution is -2.07. The van der Waals surface area contributed by atoms with Crippen LogP contribution in [0, 0.1) is 5.82 Å². The number of nitrogens with zero attached hydrogens (tertiary/aromatic N) is 1. The summed E-state index contributed by atoms with van der Waals surface area (Å²) in [6, 6.07) is 17.4. The maximum Gasteiger partial charge on any atom is 0.354 e. The molecule has 0 saturated heterocycles. The van der Waals surface area contributed by atoms with Gasteiger partial charge in [-0.05, 0) is 73.2 Å². The Morgan fingerprint density at radius 3 is 2.58 bits per heavy atom. The van der Waals surface area contributed by atoms with Crippen LogP contribution in [0.3, 0.4) is 0 Å². The second kappa shape index (κ2) is 9.43. The highest BCUT2D eigenvalue weighted by Crippen LogP contribution is 2.42. The number of hydrogen-bond acceptors (Lipinski definition) is 3. The number of carboxylic acid groups (broad SMARTS) is 1. The van der Waals surface area contributed by atoms with Gasteiger partial charge in [0.1, 0.15) is 23.9 Å². The molecule has 1 aliphatic rings. The second-order valence-corrected chi connectivity index (χ2v) is 8.31. The number of carboxylic acids is 1. The van der Waals surface area contributed by atoms with Crippen LogP contribution in [-0.2, 0) is 6.61 Å². The zero-order chi connectivity index (χ0) is 21.8. The lowest BCUT2D eigenvalue weighted by molar-refractivity contribution is 0.0690. The molecule has 0 radical (unpaired) electrons. The Bertz CT molecular complexity index is 1160.